The van der Waals surface area contributed by atoms with E-state index in [0.29, 0.717) is 71.4 Å². The number of fused-ring (bicyclic) bond motifs is 6. The van der Waals surface area contributed by atoms with Crippen LogP contribution in [0.5, 0.6) is 0 Å². The molecule has 1 fully saturated rings. The summed E-state index contributed by atoms with van der Waals surface area (Å²) in [4.78, 5) is 41.0. The zero-order valence-corrected chi connectivity index (χ0v) is 40.3. The molecule has 22 heteroatoms. The first kappa shape index (κ1) is 49.3. The summed E-state index contributed by atoms with van der Waals surface area (Å²) in [7, 11) is -17.9. The van der Waals surface area contributed by atoms with Gasteiger partial charge >= 0.3 is 5.97 Å². The van der Waals surface area contributed by atoms with Crippen LogP contribution in [0, 0.1) is 0 Å². The van der Waals surface area contributed by atoms with Crippen LogP contribution in [0.15, 0.2) is 104 Å². The zero-order chi connectivity index (χ0) is 49.2. The van der Waals surface area contributed by atoms with Gasteiger partial charge in [-0.05, 0) is 92.4 Å². The average Bonchev–Trinajstić information content (AvgIpc) is 3.75. The van der Waals surface area contributed by atoms with Gasteiger partial charge in [0.25, 0.3) is 42.2 Å². The third kappa shape index (κ3) is 9.22. The van der Waals surface area contributed by atoms with Crippen molar-refractivity contribution < 1.29 is 71.1 Å². The fourth-order valence-electron chi connectivity index (χ4n) is 9.41. The molecule has 0 unspecified atom stereocenters. The van der Waals surface area contributed by atoms with Gasteiger partial charge in [-0.25, -0.2) is 13.2 Å². The second-order valence-electron chi connectivity index (χ2n) is 17.3. The van der Waals surface area contributed by atoms with Crippen LogP contribution in [0.4, 0.5) is 11.4 Å². The molecule has 0 atom stereocenters. The molecule has 3 heterocycles. The van der Waals surface area contributed by atoms with Gasteiger partial charge in [-0.3, -0.25) is 23.2 Å². The lowest BCUT2D eigenvalue weighted by atomic mass is 9.79. The van der Waals surface area contributed by atoms with Crippen molar-refractivity contribution in [3.8, 4) is 0 Å². The standard InChI is InChI=1S/C45H47N3O15S4/c1-6-46-33-19-17-30-32(24-28(66(57,58)59)26-36(30)67(60,61)62)43(33)44(2,3)37(46)13-9-7-10-14-38-45(4,5)42-31-23-27(65(54,55)56)25-35(64(52)53)29(31)16-18-34(42)47(38)22-12-8-11-15-41(51)63-48-39(49)20-21-40(48)50/h7,9-10,13-14,16-19,23-26,64H,6,8,11-12,15,20-22H2,1-5H3,(H2-,54,55,56,57,58,59,60,61,62)/p+1. The number of unbranched alkanes of at least 4 members (excludes halogenated alkanes) is 2. The van der Waals surface area contributed by atoms with E-state index in [4.69, 9.17) is 4.84 Å². The number of amides is 2. The fourth-order valence-corrected chi connectivity index (χ4v) is 12.0. The number of anilines is 1. The fraction of sp³-hybridized carbons (Fsp3) is 0.333. The predicted octanol–water partition coefficient (Wildman–Crippen LogP) is 6.06. The van der Waals surface area contributed by atoms with Crippen LogP contribution >= 0.6 is 0 Å². The van der Waals surface area contributed by atoms with Gasteiger partial charge in [0.15, 0.2) is 16.4 Å². The number of rotatable bonds is 15. The van der Waals surface area contributed by atoms with Crippen LogP contribution in [0.2, 0.25) is 0 Å². The second kappa shape index (κ2) is 17.8. The largest absolute Gasteiger partial charge is 0.344 e. The van der Waals surface area contributed by atoms with Gasteiger partial charge in [0.05, 0.1) is 20.1 Å². The Morgan fingerprint density at radius 3 is 1.96 bits per heavy atom. The Labute approximate surface area is 389 Å². The molecule has 67 heavy (non-hydrogen) atoms. The highest BCUT2D eigenvalue weighted by atomic mass is 32.2. The van der Waals surface area contributed by atoms with Crippen molar-refractivity contribution in [2.75, 3.05) is 18.0 Å². The van der Waals surface area contributed by atoms with Gasteiger partial charge < -0.3 is 9.74 Å². The Kier molecular flexibility index (Phi) is 13.1. The Bertz CT molecular complexity index is 3360. The number of hydrogen-bond acceptors (Lipinski definition) is 13. The van der Waals surface area contributed by atoms with Gasteiger partial charge in [0, 0.05) is 71.1 Å². The summed E-state index contributed by atoms with van der Waals surface area (Å²) in [5.74, 6) is -1.88. The highest BCUT2D eigenvalue weighted by Crippen LogP contribution is 2.52. The van der Waals surface area contributed by atoms with E-state index in [-0.39, 0.29) is 40.3 Å². The average molecular weight is 999 g/mol. The number of benzene rings is 4. The number of imide groups is 1. The molecule has 0 radical (unpaired) electrons. The summed E-state index contributed by atoms with van der Waals surface area (Å²) in [5, 5.41) is 1.33. The first-order valence-electron chi connectivity index (χ1n) is 21.0. The monoisotopic (exact) mass is 998 g/mol. The lowest BCUT2D eigenvalue weighted by Crippen LogP contribution is -2.32. The van der Waals surface area contributed by atoms with E-state index in [1.54, 1.807) is 36.4 Å². The number of carbonyl (C=O) groups excluding carboxylic acids is 3. The molecule has 0 bridgehead atoms. The number of hydrogen-bond donors (Lipinski definition) is 4. The smallest absolute Gasteiger partial charge is 0.333 e. The molecule has 7 rings (SSSR count). The zero-order valence-electron chi connectivity index (χ0n) is 36.9. The Morgan fingerprint density at radius 2 is 1.36 bits per heavy atom. The Hall–Kier alpha value is -5.62. The van der Waals surface area contributed by atoms with Crippen LogP contribution in [-0.2, 0) is 71.1 Å². The van der Waals surface area contributed by atoms with Crippen molar-refractivity contribution in [2.45, 2.75) is 104 Å². The maximum Gasteiger partial charge on any atom is 0.333 e. The summed E-state index contributed by atoms with van der Waals surface area (Å²) in [6.07, 6.45) is 10.3. The van der Waals surface area contributed by atoms with Gasteiger partial charge in [-0.1, -0.05) is 44.6 Å². The third-order valence-corrected chi connectivity index (χ3v) is 15.7. The molecule has 0 aliphatic carbocycles. The molecule has 3 aliphatic heterocycles. The van der Waals surface area contributed by atoms with Crippen molar-refractivity contribution in [1.82, 2.24) is 5.06 Å². The van der Waals surface area contributed by atoms with Gasteiger partial charge in [0.1, 0.15) is 11.4 Å². The number of allylic oxidation sites excluding steroid dienone is 6. The van der Waals surface area contributed by atoms with Crippen LogP contribution in [0.25, 0.3) is 21.5 Å². The van der Waals surface area contributed by atoms with Crippen LogP contribution in [0.1, 0.15) is 84.3 Å². The van der Waals surface area contributed by atoms with Crippen molar-refractivity contribution in [1.29, 1.82) is 0 Å². The van der Waals surface area contributed by atoms with Crippen molar-refractivity contribution in [3.05, 3.63) is 95.7 Å². The van der Waals surface area contributed by atoms with Gasteiger partial charge in [-0.2, -0.15) is 29.8 Å². The molecule has 0 spiro atoms. The lowest BCUT2D eigenvalue weighted by Gasteiger charge is -2.27. The molecule has 3 N–H and O–H groups in total. The number of hydroxylamine groups is 2. The first-order valence-corrected chi connectivity index (χ1v) is 26.5. The maximum atomic E-state index is 12.5. The summed E-state index contributed by atoms with van der Waals surface area (Å²) < 4.78 is 131. The van der Waals surface area contributed by atoms with E-state index in [9.17, 15) is 61.7 Å². The maximum absolute atomic E-state index is 12.5. The van der Waals surface area contributed by atoms with Crippen molar-refractivity contribution >= 4 is 97.5 Å². The molecule has 3 aliphatic rings. The van der Waals surface area contributed by atoms with E-state index in [1.807, 2.05) is 56.2 Å². The molecular formula is C45H48N3O15S4+. The molecule has 2 amide bonds. The SMILES string of the molecule is CC[N+]1=C(/C=C/C=C/C=C2/N(CCCCCC(=O)ON3C(=O)CCC3=O)c3ccc4c([SH](=O)=O)cc(S(=O)(=O)O)cc4c3C2(C)C)C(C)(C)c2c1ccc1c(S(=O)(=O)O)cc(S(=O)(=O)O)cc21. The van der Waals surface area contributed by atoms with Crippen molar-refractivity contribution in [2.24, 2.45) is 0 Å². The van der Waals surface area contributed by atoms with Crippen LogP contribution in [-0.4, -0.2) is 93.6 Å². The first-order chi connectivity index (χ1) is 31.2. The molecule has 4 aromatic carbocycles. The molecule has 1 saturated heterocycles. The summed E-state index contributed by atoms with van der Waals surface area (Å²) in [6.45, 7) is 10.3. The molecule has 356 valence electrons. The number of nitrogens with zero attached hydrogens (tertiary/aromatic N) is 3. The highest BCUT2D eigenvalue weighted by molar-refractivity contribution is 7.87. The second-order valence-corrected chi connectivity index (χ2v) is 22.6. The minimum absolute atomic E-state index is 0.0268. The minimum Gasteiger partial charge on any atom is -0.344 e. The van der Waals surface area contributed by atoms with Crippen molar-refractivity contribution in [3.63, 3.8) is 0 Å². The number of carbonyl (C=O) groups is 3. The highest BCUT2D eigenvalue weighted by Gasteiger charge is 2.46. The normalized spacial score (nSPS) is 18.0. The quantitative estimate of drug-likeness (QED) is 0.0263. The van der Waals surface area contributed by atoms with Crippen LogP contribution in [0.3, 0.4) is 0 Å². The van der Waals surface area contributed by atoms with E-state index in [0.717, 1.165) is 17.5 Å². The third-order valence-electron chi connectivity index (χ3n) is 12.4. The molecule has 4 aromatic rings. The summed E-state index contributed by atoms with van der Waals surface area (Å²) >= 11 is 0. The van der Waals surface area contributed by atoms with E-state index in [2.05, 4.69) is 0 Å². The molecule has 0 saturated carbocycles. The van der Waals surface area contributed by atoms with E-state index < -0.39 is 84.4 Å². The van der Waals surface area contributed by atoms with Crippen LogP contribution < -0.4 is 4.90 Å². The summed E-state index contributed by atoms with van der Waals surface area (Å²) in [6, 6.07) is 10.6. The molecular weight excluding hydrogens is 951 g/mol. The predicted molar refractivity (Wildman–Crippen MR) is 247 cm³/mol. The lowest BCUT2D eigenvalue weighted by molar-refractivity contribution is -0.433. The number of thiol groups is 1. The van der Waals surface area contributed by atoms with E-state index >= 15 is 0 Å². The molecule has 18 nitrogen and oxygen atoms in total. The topological polar surface area (TPSA) is 267 Å². The Balaban J connectivity index is 1.23. The van der Waals surface area contributed by atoms with Gasteiger partial charge in [-0.15, -0.1) is 5.06 Å². The Morgan fingerprint density at radius 1 is 0.746 bits per heavy atom. The van der Waals surface area contributed by atoms with Gasteiger partial charge in [0.2, 0.25) is 5.69 Å². The van der Waals surface area contributed by atoms with E-state index in [1.165, 1.54) is 18.2 Å². The minimum atomic E-state index is -4.92. The summed E-state index contributed by atoms with van der Waals surface area (Å²) in [5.41, 5.74) is 2.21. The molecule has 0 aromatic heterocycles.